The highest BCUT2D eigenvalue weighted by Crippen LogP contribution is 2.39. The first-order chi connectivity index (χ1) is 19.1. The molecular formula is C26H22ClF3N6O3S. The molecule has 0 spiro atoms. The number of ether oxygens (including phenoxy) is 2. The summed E-state index contributed by atoms with van der Waals surface area (Å²) in [5.41, 5.74) is 1.32. The lowest BCUT2D eigenvalue weighted by atomic mass is 9.89. The Morgan fingerprint density at radius 1 is 1.20 bits per heavy atom. The van der Waals surface area contributed by atoms with Crippen molar-refractivity contribution in [3.05, 3.63) is 75.2 Å². The standard InChI is InChI=1S/C26H22ClF3N6O3S/c1-10-33-26(36(35-10)14-5-15(27)21-19(6-14)40-11(2)34-21)25-23(37)22(24-18(39-25)9-38-24)32-8-13(7-31)12-3-16(28)20(30)17(29)4-12/h3-8,18,22-25,31-32,37H,9H2,1-2H3/b13-8+,31-7?. The van der Waals surface area contributed by atoms with Gasteiger partial charge in [0.25, 0.3) is 0 Å². The lowest BCUT2D eigenvalue weighted by molar-refractivity contribution is -0.277. The predicted octanol–water partition coefficient (Wildman–Crippen LogP) is 4.41. The summed E-state index contributed by atoms with van der Waals surface area (Å²) in [5.74, 6) is -3.56. The van der Waals surface area contributed by atoms with E-state index in [-0.39, 0.29) is 23.8 Å². The van der Waals surface area contributed by atoms with E-state index in [2.05, 4.69) is 20.4 Å². The van der Waals surface area contributed by atoms with Crippen LogP contribution in [0.5, 0.6) is 0 Å². The minimum absolute atomic E-state index is 0.0518. The van der Waals surface area contributed by atoms with Crippen LogP contribution in [-0.4, -0.2) is 62.0 Å². The molecule has 0 saturated carbocycles. The number of allylic oxidation sites excluding steroid dienone is 1. The van der Waals surface area contributed by atoms with E-state index in [1.54, 1.807) is 17.7 Å². The fourth-order valence-electron chi connectivity index (χ4n) is 4.93. The topological polar surface area (TPSA) is 118 Å². The summed E-state index contributed by atoms with van der Waals surface area (Å²) < 4.78 is 55.3. The highest BCUT2D eigenvalue weighted by Gasteiger charge is 2.52. The number of hydrogen-bond donors (Lipinski definition) is 3. The number of rotatable bonds is 6. The molecule has 5 unspecified atom stereocenters. The number of aryl methyl sites for hydroxylation is 2. The molecule has 0 bridgehead atoms. The largest absolute Gasteiger partial charge is 0.388 e. The van der Waals surface area contributed by atoms with Crippen LogP contribution in [0.15, 0.2) is 30.5 Å². The number of aliphatic hydroxyl groups is 1. The molecule has 2 aromatic carbocycles. The van der Waals surface area contributed by atoms with Gasteiger partial charge in [-0.1, -0.05) is 11.6 Å². The number of halogens is 4. The van der Waals surface area contributed by atoms with Gasteiger partial charge < -0.3 is 25.3 Å². The Hall–Kier alpha value is -3.36. The van der Waals surface area contributed by atoms with E-state index in [1.807, 2.05) is 13.0 Å². The molecule has 4 heterocycles. The van der Waals surface area contributed by atoms with E-state index < -0.39 is 41.8 Å². The predicted molar refractivity (Wildman–Crippen MR) is 142 cm³/mol. The minimum atomic E-state index is -1.60. The van der Waals surface area contributed by atoms with E-state index in [0.717, 1.165) is 28.1 Å². The molecule has 208 valence electrons. The Kier molecular flexibility index (Phi) is 6.87. The third-order valence-electron chi connectivity index (χ3n) is 6.85. The van der Waals surface area contributed by atoms with Crippen LogP contribution >= 0.6 is 22.9 Å². The molecule has 2 saturated heterocycles. The van der Waals surface area contributed by atoms with Gasteiger partial charge in [0.1, 0.15) is 35.8 Å². The van der Waals surface area contributed by atoms with Gasteiger partial charge in [0.05, 0.1) is 33.1 Å². The molecule has 0 aliphatic carbocycles. The molecule has 14 heteroatoms. The highest BCUT2D eigenvalue weighted by atomic mass is 35.5. The van der Waals surface area contributed by atoms with E-state index in [1.165, 1.54) is 17.5 Å². The first-order valence-corrected chi connectivity index (χ1v) is 13.4. The molecule has 6 rings (SSSR count). The van der Waals surface area contributed by atoms with E-state index in [9.17, 15) is 18.3 Å². The number of nitrogens with zero attached hydrogens (tertiary/aromatic N) is 4. The van der Waals surface area contributed by atoms with Gasteiger partial charge in [-0.3, -0.25) is 0 Å². The molecule has 2 aliphatic rings. The summed E-state index contributed by atoms with van der Waals surface area (Å²) in [4.78, 5) is 9.02. The van der Waals surface area contributed by atoms with Gasteiger partial charge in [-0.05, 0) is 43.7 Å². The van der Waals surface area contributed by atoms with Gasteiger partial charge in [-0.15, -0.1) is 11.3 Å². The monoisotopic (exact) mass is 590 g/mol. The van der Waals surface area contributed by atoms with Gasteiger partial charge in [-0.25, -0.2) is 27.8 Å². The second-order valence-electron chi connectivity index (χ2n) is 9.51. The number of thiazole rings is 1. The van der Waals surface area contributed by atoms with Crippen LogP contribution in [0.3, 0.4) is 0 Å². The van der Waals surface area contributed by atoms with Crippen molar-refractivity contribution >= 4 is 44.9 Å². The van der Waals surface area contributed by atoms with Gasteiger partial charge in [0.15, 0.2) is 23.3 Å². The molecule has 3 N–H and O–H groups in total. The van der Waals surface area contributed by atoms with Crippen molar-refractivity contribution in [1.82, 2.24) is 25.1 Å². The maximum absolute atomic E-state index is 13.8. The summed E-state index contributed by atoms with van der Waals surface area (Å²) in [7, 11) is 0. The molecule has 5 atom stereocenters. The Balaban J connectivity index is 1.33. The van der Waals surface area contributed by atoms with Crippen LogP contribution in [-0.2, 0) is 9.47 Å². The number of hydrogen-bond acceptors (Lipinski definition) is 9. The maximum atomic E-state index is 13.8. The number of aromatic nitrogens is 4. The van der Waals surface area contributed by atoms with Crippen molar-refractivity contribution in [1.29, 1.82) is 5.41 Å². The van der Waals surface area contributed by atoms with Crippen molar-refractivity contribution in [2.45, 2.75) is 44.3 Å². The van der Waals surface area contributed by atoms with Gasteiger partial charge in [0, 0.05) is 18.0 Å². The van der Waals surface area contributed by atoms with Crippen LogP contribution in [0.1, 0.15) is 28.3 Å². The van der Waals surface area contributed by atoms with Gasteiger partial charge >= 0.3 is 0 Å². The zero-order valence-corrected chi connectivity index (χ0v) is 22.6. The Morgan fingerprint density at radius 2 is 1.95 bits per heavy atom. The zero-order valence-electron chi connectivity index (χ0n) is 21.0. The van der Waals surface area contributed by atoms with Crippen molar-refractivity contribution in [2.24, 2.45) is 0 Å². The number of nitrogens with one attached hydrogen (secondary N) is 2. The highest BCUT2D eigenvalue weighted by molar-refractivity contribution is 7.18. The van der Waals surface area contributed by atoms with Gasteiger partial charge in [0.2, 0.25) is 0 Å². The summed E-state index contributed by atoms with van der Waals surface area (Å²) >= 11 is 8.01. The fourth-order valence-corrected chi connectivity index (χ4v) is 6.13. The van der Waals surface area contributed by atoms with Crippen molar-refractivity contribution < 1.29 is 27.8 Å². The van der Waals surface area contributed by atoms with E-state index in [4.69, 9.17) is 26.5 Å². The van der Waals surface area contributed by atoms with E-state index >= 15 is 0 Å². The average molecular weight is 591 g/mol. The first kappa shape index (κ1) is 26.8. The third-order valence-corrected chi connectivity index (χ3v) is 8.06. The van der Waals surface area contributed by atoms with Crippen molar-refractivity contribution in [2.75, 3.05) is 6.61 Å². The van der Waals surface area contributed by atoms with Crippen LogP contribution in [0, 0.1) is 36.7 Å². The summed E-state index contributed by atoms with van der Waals surface area (Å²) in [6, 6.07) is 4.45. The Bertz CT molecular complexity index is 1650. The Morgan fingerprint density at radius 3 is 2.62 bits per heavy atom. The molecule has 4 aromatic rings. The minimum Gasteiger partial charge on any atom is -0.388 e. The van der Waals surface area contributed by atoms with Crippen LogP contribution in [0.2, 0.25) is 5.02 Å². The second kappa shape index (κ2) is 10.2. The number of benzene rings is 2. The molecule has 0 radical (unpaired) electrons. The summed E-state index contributed by atoms with van der Waals surface area (Å²) in [6.07, 6.45) is -0.881. The van der Waals surface area contributed by atoms with Crippen molar-refractivity contribution in [3.63, 3.8) is 0 Å². The summed E-state index contributed by atoms with van der Waals surface area (Å²) in [6.45, 7) is 3.90. The molecule has 9 nitrogen and oxygen atoms in total. The maximum Gasteiger partial charge on any atom is 0.194 e. The second-order valence-corrected chi connectivity index (χ2v) is 11.2. The number of aliphatic hydroxyl groups excluding tert-OH is 1. The molecule has 2 aromatic heterocycles. The van der Waals surface area contributed by atoms with Crippen LogP contribution < -0.4 is 5.32 Å². The van der Waals surface area contributed by atoms with Crippen LogP contribution in [0.4, 0.5) is 13.2 Å². The molecule has 0 amide bonds. The molecular weight excluding hydrogens is 569 g/mol. The molecule has 2 aliphatic heterocycles. The molecule has 2 fully saturated rings. The summed E-state index contributed by atoms with van der Waals surface area (Å²) in [5, 5.41) is 28.0. The first-order valence-electron chi connectivity index (χ1n) is 12.2. The molecule has 40 heavy (non-hydrogen) atoms. The van der Waals surface area contributed by atoms with Crippen LogP contribution in [0.25, 0.3) is 21.5 Å². The normalized spacial score (nSPS) is 24.6. The number of fused-ring (bicyclic) bond motifs is 2. The fraction of sp³-hybridized carbons (Fsp3) is 0.308. The Labute approximate surface area is 234 Å². The zero-order chi connectivity index (χ0) is 28.3. The third kappa shape index (κ3) is 4.57. The average Bonchev–Trinajstić information content (AvgIpc) is 3.47. The van der Waals surface area contributed by atoms with Crippen molar-refractivity contribution in [3.8, 4) is 5.69 Å². The SMILES string of the molecule is Cc1nc(C2OC3COC3C(N/C=C(\C=N)c3cc(F)c(F)c(F)c3)C2O)n(-c2cc(Cl)c3nc(C)sc3c2)n1. The van der Waals surface area contributed by atoms with E-state index in [0.29, 0.717) is 27.9 Å². The lowest BCUT2D eigenvalue weighted by Gasteiger charge is -2.50. The van der Waals surface area contributed by atoms with Gasteiger partial charge in [-0.2, -0.15) is 5.10 Å². The smallest absolute Gasteiger partial charge is 0.194 e. The quantitative estimate of drug-likeness (QED) is 0.225. The lowest BCUT2D eigenvalue weighted by Crippen LogP contribution is -2.66.